The normalized spacial score (nSPS) is 46.0. The maximum atomic E-state index is 12.9. The maximum absolute atomic E-state index is 12.9. The van der Waals surface area contributed by atoms with Gasteiger partial charge in [-0.05, 0) is 110 Å². The molecule has 0 heterocycles. The maximum Gasteiger partial charge on any atom is 0.302 e. The summed E-state index contributed by atoms with van der Waals surface area (Å²) in [6.07, 6.45) is 13.8. The lowest BCUT2D eigenvalue weighted by Crippen LogP contribution is -2.57. The Labute approximate surface area is 220 Å². The van der Waals surface area contributed by atoms with E-state index in [2.05, 4.69) is 48.1 Å². The highest BCUT2D eigenvalue weighted by atomic mass is 16.5. The van der Waals surface area contributed by atoms with Crippen LogP contribution in [-0.4, -0.2) is 18.4 Å². The Bertz CT molecular complexity index is 949. The average Bonchev–Trinajstić information content (AvgIpc) is 3.40. The number of esters is 1. The minimum atomic E-state index is -0.203. The van der Waals surface area contributed by atoms with Crippen LogP contribution in [0.15, 0.2) is 12.2 Å². The highest BCUT2D eigenvalue weighted by Gasteiger charge is 2.82. The summed E-state index contributed by atoms with van der Waals surface area (Å²) < 4.78 is 5.23. The summed E-state index contributed by atoms with van der Waals surface area (Å²) in [4.78, 5) is 24.1. The standard InChI is InChI=1S/C33H52O3/c1-21(23(3)19-36-24(4)34)9-10-22(2)25-13-15-31(8)27-12-11-26-29(5,6)28(35)14-16-32(26)20-33(27,32)18-17-30(25,31)7/h22-23,25-27H,1,9-20H2,2-8H3/t22-,23?,25-,26?,27?,30-,31+,32-,33-/m1/s1. The lowest BCUT2D eigenvalue weighted by Gasteiger charge is -2.62. The van der Waals surface area contributed by atoms with Crippen LogP contribution in [0, 0.1) is 56.7 Å². The molecule has 0 bridgehead atoms. The molecule has 0 saturated heterocycles. The highest BCUT2D eigenvalue weighted by Crippen LogP contribution is 2.88. The van der Waals surface area contributed by atoms with Gasteiger partial charge in [0, 0.05) is 24.7 Å². The molecule has 0 aromatic heterocycles. The largest absolute Gasteiger partial charge is 0.465 e. The summed E-state index contributed by atoms with van der Waals surface area (Å²) in [5, 5.41) is 0. The summed E-state index contributed by atoms with van der Waals surface area (Å²) in [6.45, 7) is 20.8. The average molecular weight is 497 g/mol. The lowest BCUT2D eigenvalue weighted by molar-refractivity contribution is -0.157. The molecule has 0 aliphatic heterocycles. The van der Waals surface area contributed by atoms with Gasteiger partial charge in [0.05, 0.1) is 6.61 Å². The fourth-order valence-corrected chi connectivity index (χ4v) is 11.3. The van der Waals surface area contributed by atoms with Crippen LogP contribution >= 0.6 is 0 Å². The summed E-state index contributed by atoms with van der Waals surface area (Å²) in [6, 6.07) is 0. The van der Waals surface area contributed by atoms with Gasteiger partial charge in [-0.2, -0.15) is 0 Å². The van der Waals surface area contributed by atoms with Crippen LogP contribution in [0.3, 0.4) is 0 Å². The fraction of sp³-hybridized carbons (Fsp3) is 0.879. The zero-order valence-corrected chi connectivity index (χ0v) is 24.3. The van der Waals surface area contributed by atoms with Crippen molar-refractivity contribution in [1.29, 1.82) is 0 Å². The molecule has 0 aromatic carbocycles. The SMILES string of the molecule is C=C(CC[C@@H](C)[C@H]1CC[C@@]2(C)C3CCC4C(C)(C)C(=O)CC[C@@]45C[C@]35CC[C@]12C)C(C)COC(C)=O. The molecule has 0 aromatic rings. The summed E-state index contributed by atoms with van der Waals surface area (Å²) >= 11 is 0. The van der Waals surface area contributed by atoms with E-state index >= 15 is 0 Å². The van der Waals surface area contributed by atoms with E-state index in [0.29, 0.717) is 45.9 Å². The third kappa shape index (κ3) is 3.42. The second-order valence-electron chi connectivity index (χ2n) is 15.2. The van der Waals surface area contributed by atoms with Crippen molar-refractivity contribution in [2.24, 2.45) is 56.7 Å². The van der Waals surface area contributed by atoms with Gasteiger partial charge in [-0.1, -0.05) is 53.7 Å². The first-order valence-corrected chi connectivity index (χ1v) is 15.1. The van der Waals surface area contributed by atoms with Crippen molar-refractivity contribution in [3.63, 3.8) is 0 Å². The second kappa shape index (κ2) is 8.44. The van der Waals surface area contributed by atoms with E-state index < -0.39 is 0 Å². The Morgan fingerprint density at radius 2 is 1.64 bits per heavy atom. The van der Waals surface area contributed by atoms with Gasteiger partial charge >= 0.3 is 5.97 Å². The predicted octanol–water partition coefficient (Wildman–Crippen LogP) is 8.17. The van der Waals surface area contributed by atoms with E-state index in [4.69, 9.17) is 4.74 Å². The van der Waals surface area contributed by atoms with Crippen LogP contribution in [0.2, 0.25) is 0 Å². The number of carbonyl (C=O) groups is 2. The zero-order chi connectivity index (χ0) is 26.3. The Kier molecular flexibility index (Phi) is 6.21. The number of rotatable bonds is 7. The number of carbonyl (C=O) groups excluding carboxylic acids is 2. The monoisotopic (exact) mass is 496 g/mol. The number of hydrogen-bond donors (Lipinski definition) is 0. The van der Waals surface area contributed by atoms with Gasteiger partial charge in [0.25, 0.3) is 0 Å². The van der Waals surface area contributed by atoms with Gasteiger partial charge in [-0.3, -0.25) is 9.59 Å². The number of Topliss-reactive ketones (excluding diaryl/α,β-unsaturated/α-hetero) is 1. The second-order valence-corrected chi connectivity index (χ2v) is 15.2. The smallest absolute Gasteiger partial charge is 0.302 e. The summed E-state index contributed by atoms with van der Waals surface area (Å²) in [5.41, 5.74) is 2.96. The van der Waals surface area contributed by atoms with Gasteiger partial charge in [0.15, 0.2) is 0 Å². The zero-order valence-electron chi connectivity index (χ0n) is 24.3. The highest BCUT2D eigenvalue weighted by molar-refractivity contribution is 5.86. The van der Waals surface area contributed by atoms with Gasteiger partial charge in [0.2, 0.25) is 0 Å². The van der Waals surface area contributed by atoms with Gasteiger partial charge in [0.1, 0.15) is 5.78 Å². The molecule has 3 nitrogen and oxygen atoms in total. The molecule has 202 valence electrons. The first-order chi connectivity index (χ1) is 16.8. The summed E-state index contributed by atoms with van der Waals surface area (Å²) in [7, 11) is 0. The minimum Gasteiger partial charge on any atom is -0.465 e. The molecule has 36 heavy (non-hydrogen) atoms. The fourth-order valence-electron chi connectivity index (χ4n) is 11.3. The molecule has 0 amide bonds. The molecule has 5 fully saturated rings. The predicted molar refractivity (Wildman–Crippen MR) is 145 cm³/mol. The summed E-state index contributed by atoms with van der Waals surface area (Å²) in [5.74, 6) is 3.50. The van der Waals surface area contributed by atoms with Gasteiger partial charge < -0.3 is 4.74 Å². The number of ether oxygens (including phenoxy) is 1. The van der Waals surface area contributed by atoms with Crippen molar-refractivity contribution in [2.45, 2.75) is 119 Å². The molecule has 5 aliphatic carbocycles. The van der Waals surface area contributed by atoms with E-state index in [1.165, 1.54) is 70.3 Å². The van der Waals surface area contributed by atoms with Crippen LogP contribution in [0.5, 0.6) is 0 Å². The topological polar surface area (TPSA) is 43.4 Å². The van der Waals surface area contributed by atoms with Crippen molar-refractivity contribution in [1.82, 2.24) is 0 Å². The molecule has 0 radical (unpaired) electrons. The lowest BCUT2D eigenvalue weighted by atomic mass is 9.42. The van der Waals surface area contributed by atoms with E-state index in [9.17, 15) is 9.59 Å². The van der Waals surface area contributed by atoms with E-state index in [-0.39, 0.29) is 17.3 Å². The Morgan fingerprint density at radius 1 is 0.972 bits per heavy atom. The number of hydrogen-bond acceptors (Lipinski definition) is 3. The Morgan fingerprint density at radius 3 is 2.33 bits per heavy atom. The Balaban J connectivity index is 1.29. The molecule has 3 unspecified atom stereocenters. The van der Waals surface area contributed by atoms with Crippen LogP contribution < -0.4 is 0 Å². The first kappa shape index (κ1) is 26.5. The third-order valence-electron chi connectivity index (χ3n) is 13.8. The van der Waals surface area contributed by atoms with Gasteiger partial charge in [-0.15, -0.1) is 0 Å². The molecule has 5 rings (SSSR count). The van der Waals surface area contributed by atoms with Crippen molar-refractivity contribution < 1.29 is 14.3 Å². The van der Waals surface area contributed by atoms with Gasteiger partial charge in [-0.25, -0.2) is 0 Å². The molecule has 2 spiro atoms. The van der Waals surface area contributed by atoms with Crippen molar-refractivity contribution >= 4 is 11.8 Å². The Hall–Kier alpha value is -1.12. The molecular weight excluding hydrogens is 444 g/mol. The third-order valence-corrected chi connectivity index (χ3v) is 13.8. The van der Waals surface area contributed by atoms with Crippen LogP contribution in [0.1, 0.15) is 119 Å². The quantitative estimate of drug-likeness (QED) is 0.264. The molecule has 9 atom stereocenters. The number of ketones is 1. The van der Waals surface area contributed by atoms with Crippen LogP contribution in [0.4, 0.5) is 0 Å². The molecular formula is C33H52O3. The number of fused-ring (bicyclic) bond motifs is 2. The first-order valence-electron chi connectivity index (χ1n) is 15.1. The van der Waals surface area contributed by atoms with E-state index in [1.807, 2.05) is 0 Å². The molecule has 5 aliphatic rings. The molecule has 5 saturated carbocycles. The van der Waals surface area contributed by atoms with Crippen LogP contribution in [0.25, 0.3) is 0 Å². The molecule has 3 heteroatoms. The van der Waals surface area contributed by atoms with Crippen molar-refractivity contribution in [3.8, 4) is 0 Å². The minimum absolute atomic E-state index is 0.115. The van der Waals surface area contributed by atoms with E-state index in [0.717, 1.165) is 24.7 Å². The van der Waals surface area contributed by atoms with Crippen LogP contribution in [-0.2, 0) is 14.3 Å². The molecule has 0 N–H and O–H groups in total. The van der Waals surface area contributed by atoms with Crippen molar-refractivity contribution in [2.75, 3.05) is 6.61 Å². The van der Waals surface area contributed by atoms with E-state index in [1.54, 1.807) is 0 Å². The van der Waals surface area contributed by atoms with Crippen molar-refractivity contribution in [3.05, 3.63) is 12.2 Å².